The van der Waals surface area contributed by atoms with E-state index < -0.39 is 0 Å². The number of unbranched alkanes of at least 4 members (excludes halogenated alkanes) is 2. The molecule has 0 bridgehead atoms. The lowest BCUT2D eigenvalue weighted by Crippen LogP contribution is -2.24. The van der Waals surface area contributed by atoms with Gasteiger partial charge in [-0.15, -0.1) is 0 Å². The molecule has 0 fully saturated rings. The van der Waals surface area contributed by atoms with Crippen molar-refractivity contribution in [3.05, 3.63) is 28.6 Å². The van der Waals surface area contributed by atoms with Gasteiger partial charge in [-0.2, -0.15) is 4.98 Å². The van der Waals surface area contributed by atoms with Gasteiger partial charge in [0.25, 0.3) is 5.56 Å². The summed E-state index contributed by atoms with van der Waals surface area (Å²) in [6.45, 7) is 7.83. The first-order chi connectivity index (χ1) is 11.6. The number of carbonyl (C=O) groups excluding carboxylic acids is 1. The van der Waals surface area contributed by atoms with Crippen molar-refractivity contribution in [1.29, 1.82) is 0 Å². The Hall–Kier alpha value is -1.95. The van der Waals surface area contributed by atoms with Crippen molar-refractivity contribution in [2.75, 3.05) is 23.3 Å². The normalized spacial score (nSPS) is 10.8. The van der Waals surface area contributed by atoms with E-state index in [0.717, 1.165) is 42.2 Å². The molecule has 0 spiro atoms. The summed E-state index contributed by atoms with van der Waals surface area (Å²) in [6.07, 6.45) is 3.54. The Balaban J connectivity index is 2.22. The van der Waals surface area contributed by atoms with E-state index in [4.69, 9.17) is 0 Å². The maximum absolute atomic E-state index is 12.3. The number of hydrogen-bond acceptors (Lipinski definition) is 5. The minimum Gasteiger partial charge on any atom is -0.349 e. The average Bonchev–Trinajstić information content (AvgIpc) is 2.57. The van der Waals surface area contributed by atoms with Crippen LogP contribution in [0.1, 0.15) is 46.5 Å². The molecule has 0 aliphatic heterocycles. The second-order valence-corrected chi connectivity index (χ2v) is 6.70. The van der Waals surface area contributed by atoms with E-state index in [0.29, 0.717) is 17.5 Å². The Labute approximate surface area is 146 Å². The molecular weight excluding hydrogens is 322 g/mol. The van der Waals surface area contributed by atoms with E-state index in [1.165, 1.54) is 11.3 Å². The number of anilines is 2. The molecule has 1 N–H and O–H groups in total. The third-order valence-corrected chi connectivity index (χ3v) is 5.04. The molecule has 5 nitrogen and oxygen atoms in total. The van der Waals surface area contributed by atoms with Gasteiger partial charge in [-0.1, -0.05) is 31.1 Å². The van der Waals surface area contributed by atoms with Crippen LogP contribution in [0, 0.1) is 0 Å². The molecule has 2 rings (SSSR count). The highest BCUT2D eigenvalue weighted by atomic mass is 32.1. The van der Waals surface area contributed by atoms with Gasteiger partial charge in [0, 0.05) is 29.9 Å². The zero-order chi connectivity index (χ0) is 17.5. The number of nitrogens with one attached hydrogen (secondary N) is 1. The maximum atomic E-state index is 12.3. The number of rotatable bonds is 8. The van der Waals surface area contributed by atoms with Gasteiger partial charge in [0.15, 0.2) is 5.13 Å². The van der Waals surface area contributed by atoms with Crippen molar-refractivity contribution in [2.24, 2.45) is 0 Å². The van der Waals surface area contributed by atoms with E-state index in [9.17, 15) is 9.59 Å². The lowest BCUT2D eigenvalue weighted by atomic mass is 10.2. The molecule has 24 heavy (non-hydrogen) atoms. The van der Waals surface area contributed by atoms with Crippen LogP contribution in [0.4, 0.5) is 10.8 Å². The highest BCUT2D eigenvalue weighted by Crippen LogP contribution is 2.26. The largest absolute Gasteiger partial charge is 0.349 e. The second-order valence-electron chi connectivity index (χ2n) is 5.69. The fourth-order valence-electron chi connectivity index (χ4n) is 2.52. The van der Waals surface area contributed by atoms with Crippen molar-refractivity contribution in [3.63, 3.8) is 0 Å². The lowest BCUT2D eigenvalue weighted by Gasteiger charge is -2.18. The van der Waals surface area contributed by atoms with Crippen LogP contribution in [-0.2, 0) is 4.79 Å². The Kier molecular flexibility index (Phi) is 6.73. The first-order valence-electron chi connectivity index (χ1n) is 8.58. The van der Waals surface area contributed by atoms with E-state index in [1.54, 1.807) is 6.07 Å². The quantitative estimate of drug-likeness (QED) is 0.733. The highest BCUT2D eigenvalue weighted by Gasteiger charge is 2.10. The van der Waals surface area contributed by atoms with Crippen molar-refractivity contribution in [3.8, 4) is 0 Å². The summed E-state index contributed by atoms with van der Waals surface area (Å²) in [5.74, 6) is -0.00774. The average molecular weight is 347 g/mol. The first kappa shape index (κ1) is 18.4. The molecule has 6 heteroatoms. The molecule has 1 amide bonds. The molecule has 1 heterocycles. The van der Waals surface area contributed by atoms with E-state index in [-0.39, 0.29) is 11.5 Å². The summed E-state index contributed by atoms with van der Waals surface area (Å²) in [4.78, 5) is 30.5. The molecule has 0 saturated heterocycles. The molecule has 0 unspecified atom stereocenters. The number of aromatic nitrogens is 1. The van der Waals surface area contributed by atoms with E-state index in [2.05, 4.69) is 22.1 Å². The SMILES string of the molecule is CCCCCC(=O)Nc1ccc2sc(N(CC)CC)nc(=O)c2c1. The van der Waals surface area contributed by atoms with Gasteiger partial charge < -0.3 is 10.2 Å². The Bertz CT molecular complexity index is 754. The summed E-state index contributed by atoms with van der Waals surface area (Å²) < 4.78 is 0.890. The van der Waals surface area contributed by atoms with Crippen molar-refractivity contribution in [1.82, 2.24) is 4.98 Å². The smallest absolute Gasteiger partial charge is 0.281 e. The zero-order valence-electron chi connectivity index (χ0n) is 14.6. The van der Waals surface area contributed by atoms with Crippen molar-refractivity contribution < 1.29 is 4.79 Å². The number of nitrogens with zero attached hydrogens (tertiary/aromatic N) is 2. The standard InChI is InChI=1S/C18H25N3O2S/c1-4-7-8-9-16(22)19-13-10-11-15-14(12-13)17(23)20-18(24-15)21(5-2)6-3/h10-12H,4-9H2,1-3H3,(H,19,22). The predicted molar refractivity (Wildman–Crippen MR) is 102 cm³/mol. The van der Waals surface area contributed by atoms with Crippen LogP contribution in [0.5, 0.6) is 0 Å². The minimum absolute atomic E-state index is 0.00774. The Morgan fingerprint density at radius 1 is 1.21 bits per heavy atom. The van der Waals surface area contributed by atoms with Gasteiger partial charge in [-0.3, -0.25) is 9.59 Å². The van der Waals surface area contributed by atoms with Gasteiger partial charge in [-0.25, -0.2) is 0 Å². The molecule has 0 atom stereocenters. The first-order valence-corrected chi connectivity index (χ1v) is 9.40. The molecule has 0 aliphatic carbocycles. The van der Waals surface area contributed by atoms with Crippen LogP contribution >= 0.6 is 11.3 Å². The Morgan fingerprint density at radius 3 is 2.62 bits per heavy atom. The molecule has 2 aromatic rings. The zero-order valence-corrected chi connectivity index (χ0v) is 15.4. The summed E-state index contributed by atoms with van der Waals surface area (Å²) in [5.41, 5.74) is 0.415. The second kappa shape index (κ2) is 8.78. The molecule has 0 radical (unpaired) electrons. The van der Waals surface area contributed by atoms with Gasteiger partial charge in [0.2, 0.25) is 5.91 Å². The third kappa shape index (κ3) is 4.54. The fraction of sp³-hybridized carbons (Fsp3) is 0.500. The number of hydrogen-bond donors (Lipinski definition) is 1. The molecule has 0 saturated carbocycles. The van der Waals surface area contributed by atoms with Gasteiger partial charge >= 0.3 is 0 Å². The van der Waals surface area contributed by atoms with Crippen LogP contribution < -0.4 is 15.8 Å². The topological polar surface area (TPSA) is 62.3 Å². The van der Waals surface area contributed by atoms with Crippen molar-refractivity contribution in [2.45, 2.75) is 46.5 Å². The van der Waals surface area contributed by atoms with Crippen LogP contribution in [0.25, 0.3) is 10.1 Å². The van der Waals surface area contributed by atoms with E-state index in [1.807, 2.05) is 26.0 Å². The molecule has 1 aromatic carbocycles. The van der Waals surface area contributed by atoms with Crippen LogP contribution in [0.2, 0.25) is 0 Å². The van der Waals surface area contributed by atoms with Crippen molar-refractivity contribution >= 4 is 38.1 Å². The number of carbonyl (C=O) groups is 1. The molecule has 0 aliphatic rings. The number of amides is 1. The Morgan fingerprint density at radius 2 is 1.96 bits per heavy atom. The third-order valence-electron chi connectivity index (χ3n) is 3.93. The van der Waals surface area contributed by atoms with Gasteiger partial charge in [0.1, 0.15) is 0 Å². The summed E-state index contributed by atoms with van der Waals surface area (Å²) in [5, 5.41) is 4.17. The number of fused-ring (bicyclic) bond motifs is 1. The highest BCUT2D eigenvalue weighted by molar-refractivity contribution is 7.21. The van der Waals surface area contributed by atoms with Gasteiger partial charge in [0.05, 0.1) is 5.39 Å². The van der Waals surface area contributed by atoms with Crippen LogP contribution in [0.3, 0.4) is 0 Å². The lowest BCUT2D eigenvalue weighted by molar-refractivity contribution is -0.116. The van der Waals surface area contributed by atoms with E-state index >= 15 is 0 Å². The molecular formula is C18H25N3O2S. The summed E-state index contributed by atoms with van der Waals surface area (Å²) >= 11 is 1.50. The molecule has 1 aromatic heterocycles. The summed E-state index contributed by atoms with van der Waals surface area (Å²) in [6, 6.07) is 5.46. The predicted octanol–water partition coefficient (Wildman–Crippen LogP) is 4.02. The number of benzene rings is 1. The van der Waals surface area contributed by atoms with Gasteiger partial charge in [-0.05, 0) is 38.5 Å². The monoisotopic (exact) mass is 347 g/mol. The molecule has 130 valence electrons. The maximum Gasteiger partial charge on any atom is 0.281 e. The minimum atomic E-state index is -0.243. The van der Waals surface area contributed by atoms with Crippen LogP contribution in [-0.4, -0.2) is 24.0 Å². The summed E-state index contributed by atoms with van der Waals surface area (Å²) in [7, 11) is 0. The fourth-order valence-corrected chi connectivity index (χ4v) is 3.63. The van der Waals surface area contributed by atoms with Crippen LogP contribution in [0.15, 0.2) is 23.0 Å².